The zero-order valence-electron chi connectivity index (χ0n) is 6.33. The van der Waals surface area contributed by atoms with Crippen molar-refractivity contribution >= 4 is 0 Å². The van der Waals surface area contributed by atoms with E-state index in [4.69, 9.17) is 5.26 Å². The Bertz CT molecular complexity index is 197. The van der Waals surface area contributed by atoms with Crippen LogP contribution in [0.15, 0.2) is 36.0 Å². The molecule has 52 valence electrons. The Kier molecular flexibility index (Phi) is 5.09. The first-order chi connectivity index (χ1) is 4.77. The van der Waals surface area contributed by atoms with Gasteiger partial charge in [0.2, 0.25) is 0 Å². The summed E-state index contributed by atoms with van der Waals surface area (Å²) in [6.45, 7) is 4.05. The highest BCUT2D eigenvalue weighted by molar-refractivity contribution is 5.17. The van der Waals surface area contributed by atoms with Gasteiger partial charge in [-0.3, -0.25) is 0 Å². The van der Waals surface area contributed by atoms with E-state index in [0.717, 1.165) is 0 Å². The van der Waals surface area contributed by atoms with Crippen LogP contribution in [-0.4, -0.2) is 0 Å². The normalized spacial score (nSPS) is 10.1. The molecule has 0 aliphatic carbocycles. The zero-order chi connectivity index (χ0) is 7.82. The van der Waals surface area contributed by atoms with Gasteiger partial charge in [-0.05, 0) is 13.8 Å². The van der Waals surface area contributed by atoms with Gasteiger partial charge in [0.1, 0.15) is 0 Å². The molecule has 0 spiro atoms. The Morgan fingerprint density at radius 3 is 2.40 bits per heavy atom. The van der Waals surface area contributed by atoms with E-state index in [9.17, 15) is 0 Å². The molecule has 0 fully saturated rings. The number of nitriles is 1. The van der Waals surface area contributed by atoms with Gasteiger partial charge in [-0.2, -0.15) is 5.26 Å². The van der Waals surface area contributed by atoms with Gasteiger partial charge in [-0.1, -0.05) is 29.9 Å². The lowest BCUT2D eigenvalue weighted by atomic mass is 10.3. The number of rotatable bonds is 2. The lowest BCUT2D eigenvalue weighted by Gasteiger charge is -1.78. The minimum absolute atomic E-state index is 1.25. The summed E-state index contributed by atoms with van der Waals surface area (Å²) in [5.74, 6) is 0. The second-order valence-corrected chi connectivity index (χ2v) is 2.12. The van der Waals surface area contributed by atoms with Crippen LogP contribution in [0.2, 0.25) is 0 Å². The molecule has 0 atom stereocenters. The molecule has 0 radical (unpaired) electrons. The molecule has 0 amide bonds. The van der Waals surface area contributed by atoms with Crippen LogP contribution in [0.25, 0.3) is 0 Å². The molecule has 0 saturated heterocycles. The third-order valence-electron chi connectivity index (χ3n) is 0.823. The van der Waals surface area contributed by atoms with Crippen LogP contribution in [-0.2, 0) is 0 Å². The van der Waals surface area contributed by atoms with Crippen molar-refractivity contribution in [1.82, 2.24) is 0 Å². The number of hydrogen-bond acceptors (Lipinski definition) is 1. The van der Waals surface area contributed by atoms with Gasteiger partial charge >= 0.3 is 0 Å². The van der Waals surface area contributed by atoms with E-state index in [1.54, 1.807) is 6.08 Å². The fraction of sp³-hybridized carbons (Fsp3) is 0.222. The fourth-order valence-electron chi connectivity index (χ4n) is 0.411. The van der Waals surface area contributed by atoms with Crippen LogP contribution in [0.4, 0.5) is 0 Å². The standard InChI is InChI=1S/C9H11N/c1-9(2)7-5-3-4-6-8-10/h3-7H,1-2H3/b5-3-,6-4+. The van der Waals surface area contributed by atoms with Crippen LogP contribution in [0.5, 0.6) is 0 Å². The number of hydrogen-bond donors (Lipinski definition) is 0. The van der Waals surface area contributed by atoms with Crippen molar-refractivity contribution in [3.63, 3.8) is 0 Å². The molecule has 10 heavy (non-hydrogen) atoms. The van der Waals surface area contributed by atoms with Crippen molar-refractivity contribution in [2.24, 2.45) is 0 Å². The van der Waals surface area contributed by atoms with E-state index in [1.165, 1.54) is 11.6 Å². The average Bonchev–Trinajstić information content (AvgIpc) is 1.87. The Labute approximate surface area is 62.0 Å². The molecule has 0 N–H and O–H groups in total. The molecule has 0 unspecified atom stereocenters. The predicted molar refractivity (Wildman–Crippen MR) is 43.3 cm³/mol. The van der Waals surface area contributed by atoms with Crippen molar-refractivity contribution in [2.45, 2.75) is 13.8 Å². The lowest BCUT2D eigenvalue weighted by Crippen LogP contribution is -1.57. The molecule has 0 saturated carbocycles. The van der Waals surface area contributed by atoms with Crippen molar-refractivity contribution in [1.29, 1.82) is 5.26 Å². The molecule has 0 aromatic rings. The van der Waals surface area contributed by atoms with Crippen molar-refractivity contribution in [3.05, 3.63) is 36.0 Å². The number of allylic oxidation sites excluding steroid dienone is 6. The maximum Gasteiger partial charge on any atom is 0.0912 e. The SMILES string of the molecule is CC(C)=C/C=C\C=C\C#N. The van der Waals surface area contributed by atoms with E-state index in [-0.39, 0.29) is 0 Å². The minimum Gasteiger partial charge on any atom is -0.193 e. The zero-order valence-corrected chi connectivity index (χ0v) is 6.33. The lowest BCUT2D eigenvalue weighted by molar-refractivity contribution is 1.39. The molecular weight excluding hydrogens is 122 g/mol. The minimum atomic E-state index is 1.25. The molecule has 0 rings (SSSR count). The summed E-state index contributed by atoms with van der Waals surface area (Å²) >= 11 is 0. The van der Waals surface area contributed by atoms with Crippen molar-refractivity contribution < 1.29 is 0 Å². The molecule has 0 aromatic carbocycles. The topological polar surface area (TPSA) is 23.8 Å². The molecule has 1 heteroatoms. The molecule has 0 aliphatic rings. The van der Waals surface area contributed by atoms with Gasteiger partial charge in [0, 0.05) is 6.08 Å². The average molecular weight is 133 g/mol. The fourth-order valence-corrected chi connectivity index (χ4v) is 0.411. The van der Waals surface area contributed by atoms with E-state index >= 15 is 0 Å². The quantitative estimate of drug-likeness (QED) is 0.419. The molecule has 0 aromatic heterocycles. The van der Waals surface area contributed by atoms with E-state index in [0.29, 0.717) is 0 Å². The van der Waals surface area contributed by atoms with Crippen LogP contribution in [0.1, 0.15) is 13.8 Å². The predicted octanol–water partition coefficient (Wildman–Crippen LogP) is 2.59. The van der Waals surface area contributed by atoms with E-state index < -0.39 is 0 Å². The second kappa shape index (κ2) is 5.84. The van der Waals surface area contributed by atoms with Crippen LogP contribution in [0.3, 0.4) is 0 Å². The summed E-state index contributed by atoms with van der Waals surface area (Å²) in [7, 11) is 0. The Hall–Kier alpha value is -1.29. The summed E-state index contributed by atoms with van der Waals surface area (Å²) in [6, 6.07) is 1.90. The summed E-state index contributed by atoms with van der Waals surface area (Å²) in [4.78, 5) is 0. The van der Waals surface area contributed by atoms with Gasteiger partial charge in [0.15, 0.2) is 0 Å². The highest BCUT2D eigenvalue weighted by Gasteiger charge is 1.67. The number of nitrogens with zero attached hydrogens (tertiary/aromatic N) is 1. The Morgan fingerprint density at radius 1 is 1.20 bits per heavy atom. The largest absolute Gasteiger partial charge is 0.193 e. The molecule has 0 heterocycles. The second-order valence-electron chi connectivity index (χ2n) is 2.12. The van der Waals surface area contributed by atoms with Crippen molar-refractivity contribution in [3.8, 4) is 6.07 Å². The summed E-state index contributed by atoms with van der Waals surface area (Å²) in [5, 5.41) is 8.09. The van der Waals surface area contributed by atoms with Gasteiger partial charge < -0.3 is 0 Å². The molecule has 1 nitrogen and oxygen atoms in total. The first-order valence-corrected chi connectivity index (χ1v) is 3.13. The Morgan fingerprint density at radius 2 is 1.90 bits per heavy atom. The van der Waals surface area contributed by atoms with Crippen LogP contribution >= 0.6 is 0 Å². The first-order valence-electron chi connectivity index (χ1n) is 3.13. The van der Waals surface area contributed by atoms with Crippen LogP contribution < -0.4 is 0 Å². The van der Waals surface area contributed by atoms with E-state index in [2.05, 4.69) is 0 Å². The maximum absolute atomic E-state index is 8.09. The highest BCUT2D eigenvalue weighted by atomic mass is 14.2. The maximum atomic E-state index is 8.09. The molecule has 0 aliphatic heterocycles. The Balaban J connectivity index is 3.71. The molecular formula is C9H11N. The third-order valence-corrected chi connectivity index (χ3v) is 0.823. The highest BCUT2D eigenvalue weighted by Crippen LogP contribution is 1.88. The smallest absolute Gasteiger partial charge is 0.0912 e. The van der Waals surface area contributed by atoms with Gasteiger partial charge in [-0.25, -0.2) is 0 Å². The van der Waals surface area contributed by atoms with E-state index in [1.807, 2.05) is 38.1 Å². The summed E-state index contributed by atoms with van der Waals surface area (Å²) in [5.41, 5.74) is 1.25. The van der Waals surface area contributed by atoms with Crippen LogP contribution in [0, 0.1) is 11.3 Å². The monoisotopic (exact) mass is 133 g/mol. The van der Waals surface area contributed by atoms with Gasteiger partial charge in [0.25, 0.3) is 0 Å². The van der Waals surface area contributed by atoms with Gasteiger partial charge in [-0.15, -0.1) is 0 Å². The molecule has 0 bridgehead atoms. The summed E-state index contributed by atoms with van der Waals surface area (Å²) in [6.07, 6.45) is 8.87. The summed E-state index contributed by atoms with van der Waals surface area (Å²) < 4.78 is 0. The third kappa shape index (κ3) is 6.71. The van der Waals surface area contributed by atoms with Gasteiger partial charge in [0.05, 0.1) is 6.07 Å². The van der Waals surface area contributed by atoms with Crippen molar-refractivity contribution in [2.75, 3.05) is 0 Å². The first kappa shape index (κ1) is 8.71.